The third kappa shape index (κ3) is 5.77. The fraction of sp³-hybridized carbons (Fsp3) is 0.250. The van der Waals surface area contributed by atoms with Gasteiger partial charge in [-0.15, -0.1) is 0 Å². The molecule has 0 N–H and O–H groups in total. The molecule has 0 radical (unpaired) electrons. The minimum absolute atomic E-state index is 0.855. The van der Waals surface area contributed by atoms with Gasteiger partial charge in [-0.25, -0.2) is 0 Å². The summed E-state index contributed by atoms with van der Waals surface area (Å²) in [5.41, 5.74) is 8.90. The molecule has 0 heterocycles. The molecule has 0 bridgehead atoms. The third-order valence-electron chi connectivity index (χ3n) is 5.29. The van der Waals surface area contributed by atoms with E-state index in [1.807, 2.05) is 19.9 Å². The van der Waals surface area contributed by atoms with Crippen molar-refractivity contribution in [2.75, 3.05) is 0 Å². The lowest BCUT2D eigenvalue weighted by Gasteiger charge is -2.05. The van der Waals surface area contributed by atoms with Gasteiger partial charge in [0.15, 0.2) is 0 Å². The molecule has 0 saturated carbocycles. The second-order valence-corrected chi connectivity index (χ2v) is 7.82. The Balaban J connectivity index is 1.73. The van der Waals surface area contributed by atoms with E-state index in [-0.39, 0.29) is 0 Å². The van der Waals surface area contributed by atoms with Gasteiger partial charge in [0.05, 0.1) is 10.8 Å². The molecule has 0 spiro atoms. The molecule has 3 aromatic carbocycles. The van der Waals surface area contributed by atoms with Crippen molar-refractivity contribution in [3.05, 3.63) is 88.5 Å². The van der Waals surface area contributed by atoms with Gasteiger partial charge in [-0.05, 0) is 91.0 Å². The van der Waals surface area contributed by atoms with E-state index in [4.69, 9.17) is 12.2 Å². The van der Waals surface area contributed by atoms with Crippen molar-refractivity contribution >= 4 is 23.1 Å². The zero-order valence-corrected chi connectivity index (χ0v) is 18.8. The summed E-state index contributed by atoms with van der Waals surface area (Å²) in [5, 5.41) is 2.43. The molecule has 0 aromatic heterocycles. The Bertz CT molecular complexity index is 1110. The Labute approximate surface area is 185 Å². The van der Waals surface area contributed by atoms with Crippen LogP contribution < -0.4 is 0 Å². The van der Waals surface area contributed by atoms with Gasteiger partial charge in [-0.1, -0.05) is 68.0 Å². The van der Waals surface area contributed by atoms with Crippen molar-refractivity contribution in [1.82, 2.24) is 0 Å². The monoisotopic (exact) mass is 409 g/mol. The van der Waals surface area contributed by atoms with Gasteiger partial charge in [-0.2, -0.15) is 4.99 Å². The van der Waals surface area contributed by atoms with Gasteiger partial charge < -0.3 is 0 Å². The van der Waals surface area contributed by atoms with Crippen molar-refractivity contribution in [1.29, 1.82) is 0 Å². The standard InChI is InChI=1S/C28H27NS/c1-4-5-6-7-23-8-13-25(14-9-23)26-15-10-24(11-16-26)12-17-27-18-22(3)28(29-20-30)19-21(27)2/h8-11,13-16,18-19H,4-7H2,1-3H3. The van der Waals surface area contributed by atoms with E-state index < -0.39 is 0 Å². The van der Waals surface area contributed by atoms with Crippen LogP contribution in [0, 0.1) is 25.7 Å². The van der Waals surface area contributed by atoms with Crippen molar-refractivity contribution in [2.24, 2.45) is 4.99 Å². The molecular weight excluding hydrogens is 382 g/mol. The fourth-order valence-corrected chi connectivity index (χ4v) is 3.53. The quantitative estimate of drug-likeness (QED) is 0.175. The molecule has 1 nitrogen and oxygen atoms in total. The second-order valence-electron chi connectivity index (χ2n) is 7.64. The summed E-state index contributed by atoms with van der Waals surface area (Å²) >= 11 is 4.71. The molecule has 0 fully saturated rings. The molecule has 30 heavy (non-hydrogen) atoms. The van der Waals surface area contributed by atoms with E-state index in [1.165, 1.54) is 42.4 Å². The summed E-state index contributed by atoms with van der Waals surface area (Å²) in [4.78, 5) is 4.11. The maximum Gasteiger partial charge on any atom is 0.0772 e. The number of aryl methyl sites for hydroxylation is 3. The normalized spacial score (nSPS) is 10.1. The zero-order valence-electron chi connectivity index (χ0n) is 18.0. The molecule has 0 atom stereocenters. The minimum atomic E-state index is 0.855. The highest BCUT2D eigenvalue weighted by atomic mass is 32.1. The van der Waals surface area contributed by atoms with Crippen LogP contribution in [0.5, 0.6) is 0 Å². The first-order chi connectivity index (χ1) is 14.6. The Morgan fingerprint density at radius 2 is 1.47 bits per heavy atom. The number of aliphatic imine (C=N–C) groups is 1. The zero-order chi connectivity index (χ0) is 21.3. The first-order valence-electron chi connectivity index (χ1n) is 10.5. The van der Waals surface area contributed by atoms with Gasteiger partial charge in [0.25, 0.3) is 0 Å². The van der Waals surface area contributed by atoms with Crippen LogP contribution in [0.3, 0.4) is 0 Å². The molecule has 2 heteroatoms. The number of thiocarbonyl (C=S) groups is 1. The fourth-order valence-electron chi connectivity index (χ4n) is 3.43. The average Bonchev–Trinajstić information content (AvgIpc) is 2.76. The van der Waals surface area contributed by atoms with Crippen molar-refractivity contribution in [3.63, 3.8) is 0 Å². The highest BCUT2D eigenvalue weighted by molar-refractivity contribution is 7.78. The van der Waals surface area contributed by atoms with Crippen LogP contribution in [0.1, 0.15) is 54.0 Å². The highest BCUT2D eigenvalue weighted by Gasteiger charge is 2.02. The van der Waals surface area contributed by atoms with Crippen LogP contribution in [0.15, 0.2) is 65.7 Å². The van der Waals surface area contributed by atoms with Gasteiger partial charge in [0.2, 0.25) is 0 Å². The number of rotatable bonds is 6. The predicted octanol–water partition coefficient (Wildman–Crippen LogP) is 7.84. The van der Waals surface area contributed by atoms with Crippen LogP contribution in [0.4, 0.5) is 5.69 Å². The lowest BCUT2D eigenvalue weighted by molar-refractivity contribution is 0.717. The molecule has 150 valence electrons. The average molecular weight is 410 g/mol. The number of hydrogen-bond donors (Lipinski definition) is 0. The van der Waals surface area contributed by atoms with E-state index in [0.29, 0.717) is 0 Å². The van der Waals surface area contributed by atoms with Crippen LogP contribution >= 0.6 is 12.2 Å². The molecular formula is C28H27NS. The molecule has 0 aliphatic rings. The lowest BCUT2D eigenvalue weighted by Crippen LogP contribution is -1.87. The second kappa shape index (κ2) is 10.7. The Morgan fingerprint density at radius 1 is 0.800 bits per heavy atom. The molecule has 0 amide bonds. The predicted molar refractivity (Wildman–Crippen MR) is 132 cm³/mol. The van der Waals surface area contributed by atoms with Gasteiger partial charge in [-0.3, -0.25) is 0 Å². The highest BCUT2D eigenvalue weighted by Crippen LogP contribution is 2.23. The summed E-state index contributed by atoms with van der Waals surface area (Å²) in [6.45, 7) is 6.30. The van der Waals surface area contributed by atoms with Gasteiger partial charge in [0.1, 0.15) is 0 Å². The van der Waals surface area contributed by atoms with Gasteiger partial charge in [0, 0.05) is 11.1 Å². The summed E-state index contributed by atoms with van der Waals surface area (Å²) in [5.74, 6) is 6.57. The Kier molecular flexibility index (Phi) is 7.75. The van der Waals surface area contributed by atoms with E-state index in [1.54, 1.807) is 0 Å². The number of nitrogens with zero attached hydrogens (tertiary/aromatic N) is 1. The molecule has 0 aliphatic heterocycles. The SMILES string of the molecule is CCCCCc1ccc(-c2ccc(C#Cc3cc(C)c(N=C=S)cc3C)cc2)cc1. The third-order valence-corrected chi connectivity index (χ3v) is 5.38. The van der Waals surface area contributed by atoms with Crippen molar-refractivity contribution in [3.8, 4) is 23.0 Å². The first-order valence-corrected chi connectivity index (χ1v) is 10.9. The smallest absolute Gasteiger partial charge is 0.0772 e. The largest absolute Gasteiger partial charge is 0.194 e. The van der Waals surface area contributed by atoms with Crippen LogP contribution in [-0.4, -0.2) is 5.16 Å². The molecule has 3 rings (SSSR count). The number of unbranched alkanes of at least 4 members (excludes halogenated alkanes) is 2. The number of isothiocyanates is 1. The summed E-state index contributed by atoms with van der Waals surface area (Å²) in [6, 6.07) is 21.5. The number of hydrogen-bond acceptors (Lipinski definition) is 2. The molecule has 0 saturated heterocycles. The van der Waals surface area contributed by atoms with Crippen LogP contribution in [0.25, 0.3) is 11.1 Å². The first kappa shape index (κ1) is 21.7. The maximum atomic E-state index is 4.71. The van der Waals surface area contributed by atoms with E-state index in [0.717, 1.165) is 27.9 Å². The lowest BCUT2D eigenvalue weighted by atomic mass is 10.00. The van der Waals surface area contributed by atoms with Gasteiger partial charge >= 0.3 is 0 Å². The Hall–Kier alpha value is -2.98. The van der Waals surface area contributed by atoms with E-state index in [9.17, 15) is 0 Å². The van der Waals surface area contributed by atoms with Crippen LogP contribution in [-0.2, 0) is 6.42 Å². The summed E-state index contributed by atoms with van der Waals surface area (Å²) in [6.07, 6.45) is 5.00. The minimum Gasteiger partial charge on any atom is -0.194 e. The van der Waals surface area contributed by atoms with Crippen molar-refractivity contribution in [2.45, 2.75) is 46.5 Å². The Morgan fingerprint density at radius 3 is 2.10 bits per heavy atom. The maximum absolute atomic E-state index is 4.71. The van der Waals surface area contributed by atoms with Crippen LogP contribution in [0.2, 0.25) is 0 Å². The molecule has 0 aliphatic carbocycles. The number of benzene rings is 3. The molecule has 3 aromatic rings. The van der Waals surface area contributed by atoms with E-state index in [2.05, 4.69) is 83.5 Å². The van der Waals surface area contributed by atoms with Crippen molar-refractivity contribution < 1.29 is 0 Å². The topological polar surface area (TPSA) is 12.4 Å². The molecule has 0 unspecified atom stereocenters. The van der Waals surface area contributed by atoms with E-state index >= 15 is 0 Å². The summed E-state index contributed by atoms with van der Waals surface area (Å²) in [7, 11) is 0. The summed E-state index contributed by atoms with van der Waals surface area (Å²) < 4.78 is 0.